The van der Waals surface area contributed by atoms with E-state index in [1.807, 2.05) is 0 Å². The molecule has 1 aliphatic heterocycles. The number of alkyl halides is 3. The molecule has 1 heterocycles. The van der Waals surface area contributed by atoms with Crippen LogP contribution in [0.1, 0.15) is 5.56 Å². The Hall–Kier alpha value is -2.48. The zero-order valence-electron chi connectivity index (χ0n) is 12.1. The van der Waals surface area contributed by atoms with Crippen LogP contribution in [0.4, 0.5) is 30.2 Å². The van der Waals surface area contributed by atoms with Crippen molar-refractivity contribution >= 4 is 26.9 Å². The molecule has 0 unspecified atom stereocenters. The number of hydrogen-bond acceptors (Lipinski definition) is 8. The number of nitro groups is 2. The summed E-state index contributed by atoms with van der Waals surface area (Å²) in [5.41, 5.74) is -5.00. The zero-order chi connectivity index (χ0) is 19.2. The van der Waals surface area contributed by atoms with Crippen molar-refractivity contribution < 1.29 is 36.5 Å². The third-order valence-corrected chi connectivity index (χ3v) is 5.19. The average Bonchev–Trinajstić information content (AvgIpc) is 2.69. The molecule has 2 rings (SSSR count). The van der Waals surface area contributed by atoms with E-state index in [0.29, 0.717) is 0 Å². The Balaban J connectivity index is 2.59. The number of benzene rings is 1. The molecule has 14 heteroatoms. The van der Waals surface area contributed by atoms with Crippen molar-refractivity contribution in [2.45, 2.75) is 18.3 Å². The molecule has 0 saturated carbocycles. The van der Waals surface area contributed by atoms with Gasteiger partial charge < -0.3 is 10.4 Å². The van der Waals surface area contributed by atoms with Crippen molar-refractivity contribution in [2.75, 3.05) is 16.8 Å². The van der Waals surface area contributed by atoms with E-state index in [4.69, 9.17) is 0 Å². The van der Waals surface area contributed by atoms with Gasteiger partial charge in [0.1, 0.15) is 0 Å². The van der Waals surface area contributed by atoms with Gasteiger partial charge in [-0.3, -0.25) is 20.2 Å². The molecule has 1 saturated heterocycles. The molecule has 0 radical (unpaired) electrons. The van der Waals surface area contributed by atoms with Crippen molar-refractivity contribution in [3.8, 4) is 0 Å². The second kappa shape index (κ2) is 6.11. The van der Waals surface area contributed by atoms with Gasteiger partial charge in [-0.05, 0) is 0 Å². The third-order valence-electron chi connectivity index (χ3n) is 3.47. The fourth-order valence-corrected chi connectivity index (χ4v) is 4.10. The third kappa shape index (κ3) is 3.96. The number of aliphatic hydroxyl groups excluding tert-OH is 1. The maximum Gasteiger partial charge on any atom is 0.416 e. The van der Waals surface area contributed by atoms with Gasteiger partial charge in [0.2, 0.25) is 0 Å². The molecule has 1 aliphatic rings. The number of halogens is 3. The minimum atomic E-state index is -5.07. The highest BCUT2D eigenvalue weighted by molar-refractivity contribution is 7.91. The summed E-state index contributed by atoms with van der Waals surface area (Å²) in [6, 6.07) is -1.13. The molecule has 0 aromatic heterocycles. The SMILES string of the molecule is O=[N+]([O-])c1cc(C(F)(F)F)cc([N+](=O)[O-])c1N[C@@H]1CS(=O)(=O)C[C@@H]1O. The second-order valence-corrected chi connectivity index (χ2v) is 7.45. The van der Waals surface area contributed by atoms with E-state index in [0.717, 1.165) is 0 Å². The summed E-state index contributed by atoms with van der Waals surface area (Å²) < 4.78 is 61.3. The number of sulfone groups is 1. The van der Waals surface area contributed by atoms with Crippen LogP contribution in [0.5, 0.6) is 0 Å². The van der Waals surface area contributed by atoms with Crippen LogP contribution in [-0.4, -0.2) is 47.0 Å². The summed E-state index contributed by atoms with van der Waals surface area (Å²) in [6.07, 6.45) is -6.59. The quantitative estimate of drug-likeness (QED) is 0.577. The van der Waals surface area contributed by atoms with Crippen molar-refractivity contribution in [1.82, 2.24) is 0 Å². The fraction of sp³-hybridized carbons (Fsp3) is 0.455. The minimum Gasteiger partial charge on any atom is -0.390 e. The lowest BCUT2D eigenvalue weighted by atomic mass is 10.1. The number of aliphatic hydroxyl groups is 1. The van der Waals surface area contributed by atoms with E-state index >= 15 is 0 Å². The molecule has 138 valence electrons. The van der Waals surface area contributed by atoms with Crippen LogP contribution in [0.15, 0.2) is 12.1 Å². The van der Waals surface area contributed by atoms with Gasteiger partial charge in [-0.15, -0.1) is 0 Å². The van der Waals surface area contributed by atoms with Crippen LogP contribution >= 0.6 is 0 Å². The lowest BCUT2D eigenvalue weighted by Crippen LogP contribution is -2.32. The molecule has 1 fully saturated rings. The smallest absolute Gasteiger partial charge is 0.390 e. The Morgan fingerprint density at radius 3 is 1.92 bits per heavy atom. The van der Waals surface area contributed by atoms with Gasteiger partial charge in [0.05, 0.1) is 39.1 Å². The average molecular weight is 385 g/mol. The van der Waals surface area contributed by atoms with Crippen molar-refractivity contribution in [2.24, 2.45) is 0 Å². The predicted molar refractivity (Wildman–Crippen MR) is 76.8 cm³/mol. The second-order valence-electron chi connectivity index (χ2n) is 5.30. The summed E-state index contributed by atoms with van der Waals surface area (Å²) >= 11 is 0. The topological polar surface area (TPSA) is 153 Å². The first-order valence-electron chi connectivity index (χ1n) is 6.51. The first kappa shape index (κ1) is 18.9. The highest BCUT2D eigenvalue weighted by Gasteiger charge is 2.41. The van der Waals surface area contributed by atoms with E-state index < -0.39 is 72.1 Å². The van der Waals surface area contributed by atoms with Gasteiger partial charge in [-0.25, -0.2) is 8.42 Å². The maximum absolute atomic E-state index is 12.8. The first-order valence-corrected chi connectivity index (χ1v) is 8.33. The van der Waals surface area contributed by atoms with Gasteiger partial charge in [0.25, 0.3) is 11.4 Å². The van der Waals surface area contributed by atoms with Crippen LogP contribution in [0.2, 0.25) is 0 Å². The monoisotopic (exact) mass is 385 g/mol. The first-order chi connectivity index (χ1) is 11.3. The molecule has 0 bridgehead atoms. The van der Waals surface area contributed by atoms with Gasteiger partial charge in [0, 0.05) is 12.1 Å². The normalized spacial score (nSPS) is 22.6. The molecule has 1 aromatic rings. The van der Waals surface area contributed by atoms with Crippen molar-refractivity contribution in [3.05, 3.63) is 37.9 Å². The highest BCUT2D eigenvalue weighted by Crippen LogP contribution is 2.41. The van der Waals surface area contributed by atoms with Gasteiger partial charge in [0.15, 0.2) is 15.5 Å². The van der Waals surface area contributed by atoms with Crippen LogP contribution in [0.3, 0.4) is 0 Å². The molecule has 25 heavy (non-hydrogen) atoms. The van der Waals surface area contributed by atoms with Gasteiger partial charge in [-0.1, -0.05) is 0 Å². The maximum atomic E-state index is 12.8. The summed E-state index contributed by atoms with van der Waals surface area (Å²) in [6.45, 7) is 0. The fourth-order valence-electron chi connectivity index (χ4n) is 2.36. The molecule has 0 spiro atoms. The molecule has 10 nitrogen and oxygen atoms in total. The number of rotatable bonds is 4. The van der Waals surface area contributed by atoms with E-state index in [-0.39, 0.29) is 12.1 Å². The lowest BCUT2D eigenvalue weighted by molar-refractivity contribution is -0.392. The van der Waals surface area contributed by atoms with Crippen molar-refractivity contribution in [1.29, 1.82) is 0 Å². The molecule has 1 aromatic carbocycles. The van der Waals surface area contributed by atoms with Gasteiger partial charge in [-0.2, -0.15) is 13.2 Å². The molecule has 2 N–H and O–H groups in total. The number of nitro benzene ring substituents is 2. The number of anilines is 1. The standard InChI is InChI=1S/C11H10F3N3O7S/c12-11(13,14)5-1-7(16(19)20)10(8(2-5)17(21)22)15-6-3-25(23,24)4-9(6)18/h1-2,6,9,15,18H,3-4H2/t6-,9+/m1/s1. The van der Waals surface area contributed by atoms with E-state index in [9.17, 15) is 46.9 Å². The predicted octanol–water partition coefficient (Wildman–Crippen LogP) is 1.09. The molecule has 0 amide bonds. The van der Waals surface area contributed by atoms with Crippen molar-refractivity contribution in [3.63, 3.8) is 0 Å². The van der Waals surface area contributed by atoms with E-state index in [1.54, 1.807) is 0 Å². The summed E-state index contributed by atoms with van der Waals surface area (Å²) in [4.78, 5) is 19.6. The Labute approximate surface area is 137 Å². The largest absolute Gasteiger partial charge is 0.416 e. The van der Waals surface area contributed by atoms with Crippen LogP contribution in [-0.2, 0) is 16.0 Å². The van der Waals surface area contributed by atoms with Crippen LogP contribution in [0.25, 0.3) is 0 Å². The number of nitrogens with zero attached hydrogens (tertiary/aromatic N) is 2. The zero-order valence-corrected chi connectivity index (χ0v) is 12.9. The summed E-state index contributed by atoms with van der Waals surface area (Å²) in [5, 5.41) is 33.9. The summed E-state index contributed by atoms with van der Waals surface area (Å²) in [5.74, 6) is -1.35. The van der Waals surface area contributed by atoms with E-state index in [2.05, 4.69) is 5.32 Å². The Morgan fingerprint density at radius 1 is 1.12 bits per heavy atom. The molecular weight excluding hydrogens is 375 g/mol. The highest BCUT2D eigenvalue weighted by atomic mass is 32.2. The van der Waals surface area contributed by atoms with Crippen LogP contribution in [0, 0.1) is 20.2 Å². The Bertz CT molecular complexity index is 805. The van der Waals surface area contributed by atoms with Crippen LogP contribution < -0.4 is 5.32 Å². The lowest BCUT2D eigenvalue weighted by Gasteiger charge is -2.17. The molecule has 2 atom stereocenters. The number of hydrogen-bond donors (Lipinski definition) is 2. The Morgan fingerprint density at radius 2 is 1.60 bits per heavy atom. The number of nitrogens with one attached hydrogen (secondary N) is 1. The molecular formula is C11H10F3N3O7S. The van der Waals surface area contributed by atoms with Gasteiger partial charge >= 0.3 is 6.18 Å². The molecule has 0 aliphatic carbocycles. The summed E-state index contributed by atoms with van der Waals surface area (Å²) in [7, 11) is -3.69. The Kier molecular flexibility index (Phi) is 4.61. The minimum absolute atomic E-state index is 0.102. The van der Waals surface area contributed by atoms with E-state index in [1.165, 1.54) is 0 Å².